The third-order valence-electron chi connectivity index (χ3n) is 3.75. The van der Waals surface area contributed by atoms with Gasteiger partial charge in [-0.05, 0) is 6.07 Å². The number of nitrogens with one attached hydrogen (secondary N) is 1. The molecule has 0 saturated carbocycles. The van der Waals surface area contributed by atoms with Crippen molar-refractivity contribution in [1.29, 1.82) is 0 Å². The molecule has 1 aliphatic rings. The van der Waals surface area contributed by atoms with Crippen molar-refractivity contribution in [3.8, 4) is 0 Å². The van der Waals surface area contributed by atoms with Gasteiger partial charge in [-0.3, -0.25) is 14.6 Å². The number of carbonyl (C=O) groups excluding carboxylic acids is 2. The van der Waals surface area contributed by atoms with Gasteiger partial charge in [0.05, 0.1) is 11.4 Å². The van der Waals surface area contributed by atoms with Crippen LogP contribution >= 0.6 is 0 Å². The van der Waals surface area contributed by atoms with Crippen molar-refractivity contribution in [3.05, 3.63) is 65.7 Å². The molecule has 116 valence electrons. The molecule has 1 aliphatic heterocycles. The van der Waals surface area contributed by atoms with E-state index in [1.165, 1.54) is 4.90 Å². The molecule has 0 aromatic heterocycles. The summed E-state index contributed by atoms with van der Waals surface area (Å²) >= 11 is 0. The van der Waals surface area contributed by atoms with Crippen LogP contribution in [0.25, 0.3) is 0 Å². The summed E-state index contributed by atoms with van der Waals surface area (Å²) in [7, 11) is 1.56. The van der Waals surface area contributed by atoms with Crippen molar-refractivity contribution < 1.29 is 9.59 Å². The van der Waals surface area contributed by atoms with Crippen LogP contribution in [-0.4, -0.2) is 37.7 Å². The minimum absolute atomic E-state index is 0.00998. The summed E-state index contributed by atoms with van der Waals surface area (Å²) in [5, 5.41) is 2.56. The average molecular weight is 307 g/mol. The summed E-state index contributed by atoms with van der Waals surface area (Å²) in [5.74, 6) is -0.400. The number of rotatable bonds is 3. The predicted molar refractivity (Wildman–Crippen MR) is 89.8 cm³/mol. The van der Waals surface area contributed by atoms with E-state index in [4.69, 9.17) is 0 Å². The molecule has 2 aromatic carbocycles. The Morgan fingerprint density at radius 2 is 1.83 bits per heavy atom. The third-order valence-corrected chi connectivity index (χ3v) is 3.75. The Morgan fingerprint density at radius 3 is 2.57 bits per heavy atom. The largest absolute Gasteiger partial charge is 0.358 e. The minimum atomic E-state index is -0.212. The first kappa shape index (κ1) is 15.0. The van der Waals surface area contributed by atoms with Crippen LogP contribution in [0.1, 0.15) is 11.1 Å². The van der Waals surface area contributed by atoms with Crippen molar-refractivity contribution in [2.75, 3.05) is 25.0 Å². The molecular weight excluding hydrogens is 290 g/mol. The normalized spacial score (nSPS) is 13.9. The lowest BCUT2D eigenvalue weighted by Gasteiger charge is -2.22. The number of anilines is 1. The van der Waals surface area contributed by atoms with Gasteiger partial charge in [0.15, 0.2) is 0 Å². The maximum absolute atomic E-state index is 12.4. The number of carbonyl (C=O) groups is 2. The van der Waals surface area contributed by atoms with Crippen LogP contribution < -0.4 is 10.2 Å². The fourth-order valence-corrected chi connectivity index (χ4v) is 2.60. The zero-order chi connectivity index (χ0) is 16.2. The number of likely N-dealkylation sites (N-methyl/N-ethyl adjacent to an activating group) is 1. The van der Waals surface area contributed by atoms with E-state index in [-0.39, 0.29) is 24.9 Å². The summed E-state index contributed by atoms with van der Waals surface area (Å²) < 4.78 is 0. The van der Waals surface area contributed by atoms with Gasteiger partial charge in [-0.1, -0.05) is 48.5 Å². The van der Waals surface area contributed by atoms with Gasteiger partial charge in [0.25, 0.3) is 0 Å². The number of hydrogen-bond acceptors (Lipinski definition) is 3. The molecule has 0 fully saturated rings. The van der Waals surface area contributed by atoms with Gasteiger partial charge in [0, 0.05) is 18.2 Å². The lowest BCUT2D eigenvalue weighted by Crippen LogP contribution is -2.40. The van der Waals surface area contributed by atoms with E-state index in [1.807, 2.05) is 54.6 Å². The number of para-hydroxylation sites is 1. The first-order valence-corrected chi connectivity index (χ1v) is 7.41. The predicted octanol–water partition coefficient (Wildman–Crippen LogP) is 1.62. The molecule has 0 spiro atoms. The van der Waals surface area contributed by atoms with Gasteiger partial charge in [-0.15, -0.1) is 0 Å². The van der Waals surface area contributed by atoms with Crippen molar-refractivity contribution in [1.82, 2.24) is 5.32 Å². The number of hydrogen-bond donors (Lipinski definition) is 1. The summed E-state index contributed by atoms with van der Waals surface area (Å²) in [5.41, 5.74) is 3.29. The van der Waals surface area contributed by atoms with Crippen LogP contribution in [-0.2, 0) is 9.59 Å². The number of benzene rings is 2. The number of aliphatic imine (C=N–C) groups is 1. The Balaban J connectivity index is 2.09. The Bertz CT molecular complexity index is 769. The molecule has 0 radical (unpaired) electrons. The maximum atomic E-state index is 12.4. The van der Waals surface area contributed by atoms with Crippen molar-refractivity contribution in [2.45, 2.75) is 0 Å². The molecule has 0 aliphatic carbocycles. The maximum Gasteiger partial charge on any atom is 0.249 e. The fraction of sp³-hybridized carbons (Fsp3) is 0.167. The van der Waals surface area contributed by atoms with E-state index in [1.54, 1.807) is 7.05 Å². The molecule has 0 saturated heterocycles. The zero-order valence-corrected chi connectivity index (χ0v) is 12.8. The van der Waals surface area contributed by atoms with Crippen LogP contribution in [0.15, 0.2) is 59.6 Å². The highest BCUT2D eigenvalue weighted by atomic mass is 16.2. The third kappa shape index (κ3) is 2.99. The topological polar surface area (TPSA) is 61.8 Å². The van der Waals surface area contributed by atoms with Gasteiger partial charge < -0.3 is 10.2 Å². The number of fused-ring (bicyclic) bond motifs is 1. The highest BCUT2D eigenvalue weighted by Crippen LogP contribution is 2.26. The molecular formula is C18H17N3O2. The number of benzodiazepines with no additional fused rings is 1. The molecule has 1 heterocycles. The number of amides is 2. The molecule has 3 rings (SSSR count). The Hall–Kier alpha value is -2.95. The van der Waals surface area contributed by atoms with Crippen molar-refractivity contribution in [3.63, 3.8) is 0 Å². The summed E-state index contributed by atoms with van der Waals surface area (Å²) in [6.07, 6.45) is 0. The molecule has 0 unspecified atom stereocenters. The lowest BCUT2D eigenvalue weighted by molar-refractivity contribution is -0.122. The molecule has 0 atom stereocenters. The molecule has 0 bridgehead atoms. The lowest BCUT2D eigenvalue weighted by atomic mass is 10.0. The second kappa shape index (κ2) is 6.44. The van der Waals surface area contributed by atoms with Crippen LogP contribution in [0.5, 0.6) is 0 Å². The van der Waals surface area contributed by atoms with Gasteiger partial charge in [0.1, 0.15) is 13.1 Å². The zero-order valence-electron chi connectivity index (χ0n) is 12.8. The molecule has 2 aromatic rings. The van der Waals surface area contributed by atoms with E-state index in [9.17, 15) is 9.59 Å². The van der Waals surface area contributed by atoms with Crippen LogP contribution in [0.3, 0.4) is 0 Å². The number of nitrogens with zero attached hydrogens (tertiary/aromatic N) is 2. The van der Waals surface area contributed by atoms with Gasteiger partial charge in [-0.2, -0.15) is 0 Å². The monoisotopic (exact) mass is 307 g/mol. The average Bonchev–Trinajstić information content (AvgIpc) is 2.73. The fourth-order valence-electron chi connectivity index (χ4n) is 2.60. The van der Waals surface area contributed by atoms with Gasteiger partial charge in [0.2, 0.25) is 11.8 Å². The molecule has 5 nitrogen and oxygen atoms in total. The van der Waals surface area contributed by atoms with Crippen LogP contribution in [0.4, 0.5) is 5.69 Å². The van der Waals surface area contributed by atoms with E-state index < -0.39 is 0 Å². The van der Waals surface area contributed by atoms with Gasteiger partial charge >= 0.3 is 0 Å². The second-order valence-corrected chi connectivity index (χ2v) is 5.20. The van der Waals surface area contributed by atoms with Crippen molar-refractivity contribution in [2.24, 2.45) is 4.99 Å². The molecule has 5 heteroatoms. The SMILES string of the molecule is CNC(=O)CN1C(=O)CN=C(c2ccccc2)c2ccccc21. The summed E-state index contributed by atoms with van der Waals surface area (Å²) in [4.78, 5) is 30.2. The summed E-state index contributed by atoms with van der Waals surface area (Å²) in [6, 6.07) is 17.3. The smallest absolute Gasteiger partial charge is 0.249 e. The highest BCUT2D eigenvalue weighted by molar-refractivity contribution is 6.20. The first-order valence-electron chi connectivity index (χ1n) is 7.41. The molecule has 1 N–H and O–H groups in total. The Labute approximate surface area is 134 Å². The highest BCUT2D eigenvalue weighted by Gasteiger charge is 2.26. The Morgan fingerprint density at radius 1 is 1.13 bits per heavy atom. The quantitative estimate of drug-likeness (QED) is 0.936. The standard InChI is InChI=1S/C18H17N3O2/c1-19-16(22)12-21-15-10-6-5-9-14(15)18(20-11-17(21)23)13-7-3-2-4-8-13/h2-10H,11-12H2,1H3,(H,19,22). The second-order valence-electron chi connectivity index (χ2n) is 5.20. The summed E-state index contributed by atoms with van der Waals surface area (Å²) in [6.45, 7) is 0.0137. The molecule has 2 amide bonds. The first-order chi connectivity index (χ1) is 11.2. The van der Waals surface area contributed by atoms with E-state index in [0.717, 1.165) is 16.8 Å². The van der Waals surface area contributed by atoms with E-state index >= 15 is 0 Å². The van der Waals surface area contributed by atoms with Crippen molar-refractivity contribution >= 4 is 23.2 Å². The van der Waals surface area contributed by atoms with Gasteiger partial charge in [-0.25, -0.2) is 0 Å². The minimum Gasteiger partial charge on any atom is -0.358 e. The Kier molecular flexibility index (Phi) is 4.19. The van der Waals surface area contributed by atoms with Crippen LogP contribution in [0, 0.1) is 0 Å². The van der Waals surface area contributed by atoms with E-state index in [0.29, 0.717) is 5.69 Å². The van der Waals surface area contributed by atoms with E-state index in [2.05, 4.69) is 10.3 Å². The molecule has 23 heavy (non-hydrogen) atoms. The van der Waals surface area contributed by atoms with Crippen LogP contribution in [0.2, 0.25) is 0 Å².